The zero-order valence-corrected chi connectivity index (χ0v) is 39.9. The number of nitrogens with one attached hydrogen (secondary N) is 3. The molecular formula is C51H62FN7O7S. The Balaban J connectivity index is 0.927. The lowest BCUT2D eigenvalue weighted by Crippen LogP contribution is -2.63. The van der Waals surface area contributed by atoms with Gasteiger partial charge in [0.2, 0.25) is 0 Å². The lowest BCUT2D eigenvalue weighted by atomic mass is 9.70. The van der Waals surface area contributed by atoms with Crippen molar-refractivity contribution < 1.29 is 32.0 Å². The number of H-pyrrole nitrogens is 1. The molecule has 0 bridgehead atoms. The molecule has 3 aromatic carbocycles. The molecule has 1 spiro atoms. The van der Waals surface area contributed by atoms with E-state index < -0.39 is 37.3 Å². The number of nitrogens with zero attached hydrogens (tertiary/aromatic N) is 4. The summed E-state index contributed by atoms with van der Waals surface area (Å²) in [6.07, 6.45) is 10.9. The summed E-state index contributed by atoms with van der Waals surface area (Å²) in [7, 11) is -3.24. The summed E-state index contributed by atoms with van der Waals surface area (Å²) in [5.74, 6) is -0.216. The largest absolute Gasteiger partial charge is 0.478 e. The molecule has 3 N–H and O–H groups in total. The lowest BCUT2D eigenvalue weighted by Gasteiger charge is -2.57. The van der Waals surface area contributed by atoms with E-state index in [0.717, 1.165) is 82.7 Å². The van der Waals surface area contributed by atoms with Gasteiger partial charge in [-0.15, -0.1) is 0 Å². The Bertz CT molecular complexity index is 2770. The quantitative estimate of drug-likeness (QED) is 0.0715. The summed E-state index contributed by atoms with van der Waals surface area (Å²) in [5, 5.41) is 15.5. The third-order valence-electron chi connectivity index (χ3n) is 15.1. The SMILES string of the molecule is COc1nc2[nH]cc(F)c2cc1Oc1cc(N2CCC3(CC2)CN(C2CCC[C@@H]2c2ccccc2C(C)C)C3)ccc1C(=O)NS(=O)(=O)c1ccc(NCC2CCC(C)(C)CC2)c([N+](=O)[O-])c1. The molecule has 4 aliphatic rings. The van der Waals surface area contributed by atoms with Gasteiger partial charge in [0.05, 0.1) is 27.9 Å². The molecule has 14 nitrogen and oxygen atoms in total. The van der Waals surface area contributed by atoms with Crippen LogP contribution in [0.5, 0.6) is 17.4 Å². The second kappa shape index (κ2) is 18.4. The van der Waals surface area contributed by atoms with Crippen LogP contribution < -0.4 is 24.4 Å². The molecule has 16 heteroatoms. The maximum Gasteiger partial charge on any atom is 0.293 e. The molecule has 4 heterocycles. The first-order chi connectivity index (χ1) is 32.0. The average Bonchev–Trinajstić information content (AvgIpc) is 3.93. The number of pyridine rings is 1. The Hall–Kier alpha value is -5.74. The fourth-order valence-corrected chi connectivity index (χ4v) is 12.1. The van der Waals surface area contributed by atoms with Crippen molar-refractivity contribution in [3.05, 3.63) is 106 Å². The predicted octanol–water partition coefficient (Wildman–Crippen LogP) is 10.5. The standard InChI is InChI=1S/C51H62FN7O7S/c1-32(2)36-9-6-7-10-37(36)38-11-8-12-43(38)58-30-51(31-58)21-23-57(24-22-51)34-13-15-39(45(25-34)66-46-27-40-41(52)29-54-47(40)55-49(46)65-5)48(60)56-67(63,64)35-14-16-42(44(26-35)59(61)62)53-28-33-17-19-50(3,4)20-18-33/h6-7,9-10,13-16,25-27,29,32-33,38,43,53H,8,11-12,17-24,28,30-31H2,1-5H3,(H,54,55)(H,56,60)/t38-,43?/m1/s1. The fraction of sp³-hybridized carbons (Fsp3) is 0.490. The summed E-state index contributed by atoms with van der Waals surface area (Å²) < 4.78 is 56.5. The number of ether oxygens (including phenoxy) is 2. The van der Waals surface area contributed by atoms with Crippen molar-refractivity contribution in [2.24, 2.45) is 16.7 Å². The minimum atomic E-state index is -4.63. The van der Waals surface area contributed by atoms with Crippen molar-refractivity contribution in [2.75, 3.05) is 50.1 Å². The minimum absolute atomic E-state index is 0.00611. The molecule has 2 saturated carbocycles. The Kier molecular flexibility index (Phi) is 12.7. The highest BCUT2D eigenvalue weighted by atomic mass is 32.2. The van der Waals surface area contributed by atoms with E-state index in [0.29, 0.717) is 30.3 Å². The molecule has 9 rings (SSSR count). The zero-order chi connectivity index (χ0) is 47.3. The molecule has 2 aliphatic carbocycles. The number of carbonyl (C=O) groups is 1. The van der Waals surface area contributed by atoms with Crippen molar-refractivity contribution in [1.29, 1.82) is 0 Å². The zero-order valence-electron chi connectivity index (χ0n) is 39.1. The van der Waals surface area contributed by atoms with Gasteiger partial charge in [-0.2, -0.15) is 4.98 Å². The number of hydrogen-bond donors (Lipinski definition) is 3. The summed E-state index contributed by atoms with van der Waals surface area (Å²) in [4.78, 5) is 37.3. The van der Waals surface area contributed by atoms with E-state index in [4.69, 9.17) is 9.47 Å². The Morgan fingerprint density at radius 2 is 1.73 bits per heavy atom. The molecule has 2 aromatic heterocycles. The monoisotopic (exact) mass is 935 g/mol. The third kappa shape index (κ3) is 9.56. The van der Waals surface area contributed by atoms with Crippen molar-refractivity contribution in [2.45, 2.75) is 108 Å². The number of nitro groups is 1. The summed E-state index contributed by atoms with van der Waals surface area (Å²) in [6.45, 7) is 13.2. The van der Waals surface area contributed by atoms with E-state index in [9.17, 15) is 27.7 Å². The number of fused-ring (bicyclic) bond motifs is 1. The van der Waals surface area contributed by atoms with Gasteiger partial charge in [0.15, 0.2) is 5.75 Å². The van der Waals surface area contributed by atoms with Gasteiger partial charge in [0, 0.05) is 68.8 Å². The first-order valence-corrected chi connectivity index (χ1v) is 25.2. The number of carbonyl (C=O) groups excluding carboxylic acids is 1. The molecule has 2 atom stereocenters. The number of halogens is 1. The number of aromatic nitrogens is 2. The third-order valence-corrected chi connectivity index (χ3v) is 16.5. The van der Waals surface area contributed by atoms with E-state index in [1.165, 1.54) is 61.8 Å². The molecule has 67 heavy (non-hydrogen) atoms. The molecule has 356 valence electrons. The first-order valence-electron chi connectivity index (χ1n) is 23.7. The smallest absolute Gasteiger partial charge is 0.293 e. The summed E-state index contributed by atoms with van der Waals surface area (Å²) >= 11 is 0. The highest BCUT2D eigenvalue weighted by Crippen LogP contribution is 2.49. The molecule has 5 aromatic rings. The number of likely N-dealkylation sites (tertiary alicyclic amines) is 1. The molecule has 1 amide bonds. The highest BCUT2D eigenvalue weighted by molar-refractivity contribution is 7.90. The van der Waals surface area contributed by atoms with Crippen LogP contribution in [0.3, 0.4) is 0 Å². The van der Waals surface area contributed by atoms with E-state index in [1.54, 1.807) is 12.1 Å². The van der Waals surface area contributed by atoms with Crippen molar-refractivity contribution in [3.8, 4) is 17.4 Å². The van der Waals surface area contributed by atoms with Gasteiger partial charge in [0.1, 0.15) is 22.9 Å². The van der Waals surface area contributed by atoms with Gasteiger partial charge in [0.25, 0.3) is 27.5 Å². The number of methoxy groups -OCH3 is 1. The van der Waals surface area contributed by atoms with Crippen LogP contribution in [0.4, 0.5) is 21.5 Å². The van der Waals surface area contributed by atoms with Crippen LogP contribution >= 0.6 is 0 Å². The van der Waals surface area contributed by atoms with Gasteiger partial charge in [-0.1, -0.05) is 58.4 Å². The molecule has 4 fully saturated rings. The van der Waals surface area contributed by atoms with E-state index in [2.05, 4.69) is 81.8 Å². The maximum atomic E-state index is 14.8. The van der Waals surface area contributed by atoms with Gasteiger partial charge in [-0.3, -0.25) is 19.8 Å². The maximum absolute atomic E-state index is 14.8. The normalized spacial score (nSPS) is 20.8. The number of benzene rings is 3. The number of sulfonamides is 1. The van der Waals surface area contributed by atoms with Crippen LogP contribution in [-0.4, -0.2) is 80.0 Å². The second-order valence-electron chi connectivity index (χ2n) is 20.5. The van der Waals surface area contributed by atoms with Crippen LogP contribution in [0, 0.1) is 32.7 Å². The highest BCUT2D eigenvalue weighted by Gasteiger charge is 2.49. The number of nitro benzene ring substituents is 1. The van der Waals surface area contributed by atoms with E-state index in [-0.39, 0.29) is 50.5 Å². The van der Waals surface area contributed by atoms with Crippen LogP contribution in [0.2, 0.25) is 0 Å². The average molecular weight is 936 g/mol. The van der Waals surface area contributed by atoms with Gasteiger partial charge in [-0.05, 0) is 115 Å². The number of hydrogen-bond acceptors (Lipinski definition) is 11. The fourth-order valence-electron chi connectivity index (χ4n) is 11.1. The van der Waals surface area contributed by atoms with Crippen molar-refractivity contribution in [3.63, 3.8) is 0 Å². The number of aromatic amines is 1. The molecule has 2 saturated heterocycles. The molecule has 2 aliphatic heterocycles. The van der Waals surface area contributed by atoms with Crippen molar-refractivity contribution >= 4 is 44.0 Å². The Labute approximate surface area is 392 Å². The predicted molar refractivity (Wildman–Crippen MR) is 257 cm³/mol. The van der Waals surface area contributed by atoms with Gasteiger partial charge in [-0.25, -0.2) is 17.5 Å². The number of anilines is 2. The first kappa shape index (κ1) is 46.4. The topological polar surface area (TPSA) is 172 Å². The lowest BCUT2D eigenvalue weighted by molar-refractivity contribution is -0.384. The van der Waals surface area contributed by atoms with Crippen LogP contribution in [-0.2, 0) is 10.0 Å². The molecule has 0 radical (unpaired) electrons. The number of amides is 1. The van der Waals surface area contributed by atoms with Crippen LogP contribution in [0.15, 0.2) is 77.8 Å². The Morgan fingerprint density at radius 1 is 0.985 bits per heavy atom. The van der Waals surface area contributed by atoms with Gasteiger partial charge >= 0.3 is 0 Å². The van der Waals surface area contributed by atoms with Crippen LogP contribution in [0.1, 0.15) is 119 Å². The van der Waals surface area contributed by atoms with Crippen LogP contribution in [0.25, 0.3) is 11.0 Å². The number of piperidine rings is 1. The molecular weight excluding hydrogens is 874 g/mol. The number of rotatable bonds is 14. The van der Waals surface area contributed by atoms with Gasteiger partial charge < -0.3 is 24.7 Å². The van der Waals surface area contributed by atoms with E-state index >= 15 is 0 Å². The second-order valence-corrected chi connectivity index (χ2v) is 22.1. The minimum Gasteiger partial charge on any atom is -0.478 e. The summed E-state index contributed by atoms with van der Waals surface area (Å²) in [6, 6.07) is 19.4. The Morgan fingerprint density at radius 3 is 2.45 bits per heavy atom. The molecule has 1 unspecified atom stereocenters. The van der Waals surface area contributed by atoms with Crippen molar-refractivity contribution in [1.82, 2.24) is 19.6 Å². The van der Waals surface area contributed by atoms with E-state index in [1.807, 2.05) is 0 Å². The summed E-state index contributed by atoms with van der Waals surface area (Å²) in [5.41, 5.74) is 4.10.